The van der Waals surface area contributed by atoms with Gasteiger partial charge in [0.05, 0.1) is 12.1 Å². The number of aromatic amines is 1. The molecule has 3 rings (SSSR count). The summed E-state index contributed by atoms with van der Waals surface area (Å²) in [7, 11) is 0. The predicted octanol–water partition coefficient (Wildman–Crippen LogP) is 1.91. The first-order valence-electron chi connectivity index (χ1n) is 8.60. The molecule has 1 aromatic rings. The first-order chi connectivity index (χ1) is 12.3. The fourth-order valence-electron chi connectivity index (χ4n) is 3.76. The number of carbonyl (C=O) groups is 2. The maximum absolute atomic E-state index is 13.3. The Balaban J connectivity index is 1.60. The van der Waals surface area contributed by atoms with E-state index in [1.54, 1.807) is 4.90 Å². The molecule has 2 aliphatic rings. The first kappa shape index (κ1) is 18.5. The number of alkyl halides is 3. The molecule has 1 aliphatic carbocycles. The molecule has 0 aromatic carbocycles. The number of hydrogen-bond donors (Lipinski definition) is 2. The molecule has 2 amide bonds. The second kappa shape index (κ2) is 7.13. The van der Waals surface area contributed by atoms with E-state index in [0.717, 1.165) is 0 Å². The summed E-state index contributed by atoms with van der Waals surface area (Å²) in [5, 5.41) is 9.10. The fraction of sp³-hybridized carbons (Fsp3) is 0.588. The molecule has 142 valence electrons. The van der Waals surface area contributed by atoms with Gasteiger partial charge in [0.1, 0.15) is 0 Å². The Bertz CT molecular complexity index is 692. The molecule has 1 aliphatic heterocycles. The maximum Gasteiger partial charge on any atom is 0.395 e. The summed E-state index contributed by atoms with van der Waals surface area (Å²) in [5.74, 6) is -2.33. The summed E-state index contributed by atoms with van der Waals surface area (Å²) in [6.45, 7) is 4.33. The Hall–Kier alpha value is -2.32. The first-order valence-corrected chi connectivity index (χ1v) is 8.60. The summed E-state index contributed by atoms with van der Waals surface area (Å²) < 4.78 is 39.9. The van der Waals surface area contributed by atoms with Crippen LogP contribution >= 0.6 is 0 Å². The highest BCUT2D eigenvalue weighted by molar-refractivity contribution is 5.87. The lowest BCUT2D eigenvalue weighted by Crippen LogP contribution is -2.47. The number of H-pyrrole nitrogens is 1. The van der Waals surface area contributed by atoms with Crippen molar-refractivity contribution < 1.29 is 22.8 Å². The van der Waals surface area contributed by atoms with Gasteiger partial charge in [-0.05, 0) is 25.3 Å². The third-order valence-electron chi connectivity index (χ3n) is 5.19. The number of aromatic nitrogens is 2. The van der Waals surface area contributed by atoms with Gasteiger partial charge in [-0.2, -0.15) is 18.3 Å². The van der Waals surface area contributed by atoms with Gasteiger partial charge < -0.3 is 10.2 Å². The Morgan fingerprint density at radius 2 is 2.04 bits per heavy atom. The second-order valence-corrected chi connectivity index (χ2v) is 6.85. The zero-order valence-corrected chi connectivity index (χ0v) is 14.2. The maximum atomic E-state index is 13.3. The van der Waals surface area contributed by atoms with Crippen LogP contribution in [-0.2, 0) is 16.0 Å². The van der Waals surface area contributed by atoms with Crippen LogP contribution in [0.5, 0.6) is 0 Å². The number of likely N-dealkylation sites (tertiary alicyclic amines) is 1. The predicted molar refractivity (Wildman–Crippen MR) is 87.1 cm³/mol. The van der Waals surface area contributed by atoms with Crippen molar-refractivity contribution in [2.75, 3.05) is 13.1 Å². The van der Waals surface area contributed by atoms with Gasteiger partial charge in [0.25, 0.3) is 0 Å². The van der Waals surface area contributed by atoms with Crippen LogP contribution in [0.25, 0.3) is 0 Å². The van der Waals surface area contributed by atoms with E-state index >= 15 is 0 Å². The van der Waals surface area contributed by atoms with Crippen molar-refractivity contribution >= 4 is 11.8 Å². The van der Waals surface area contributed by atoms with E-state index < -0.39 is 18.1 Å². The van der Waals surface area contributed by atoms with E-state index in [1.807, 2.05) is 0 Å². The number of fused-ring (bicyclic) bond motifs is 1. The lowest BCUT2D eigenvalue weighted by Gasteiger charge is -2.34. The van der Waals surface area contributed by atoms with Crippen molar-refractivity contribution in [1.29, 1.82) is 0 Å². The second-order valence-electron chi connectivity index (χ2n) is 6.85. The quantitative estimate of drug-likeness (QED) is 0.798. The standard InChI is InChI=1S/C17H21F3N4O2/c1-2-15(25)24-5-3-10(4-6-24)16(26)22-11-7-13(17(18,19)20)12-9-21-23-14(12)8-11/h2,9-11,13H,1,3-8H2,(H,21,23)(H,22,26). The SMILES string of the molecule is C=CC(=O)N1CCC(C(=O)NC2Cc3[nH]ncc3C(C(F)(F)F)C2)CC1. The lowest BCUT2D eigenvalue weighted by atomic mass is 9.83. The van der Waals surface area contributed by atoms with E-state index in [-0.39, 0.29) is 29.7 Å². The van der Waals surface area contributed by atoms with E-state index in [1.165, 1.54) is 12.3 Å². The molecular weight excluding hydrogens is 349 g/mol. The number of piperidine rings is 1. The summed E-state index contributed by atoms with van der Waals surface area (Å²) >= 11 is 0. The van der Waals surface area contributed by atoms with Gasteiger partial charge in [0.15, 0.2) is 0 Å². The molecule has 1 saturated heterocycles. The van der Waals surface area contributed by atoms with Crippen LogP contribution in [0.15, 0.2) is 18.9 Å². The van der Waals surface area contributed by atoms with Crippen LogP contribution in [0.4, 0.5) is 13.2 Å². The molecule has 2 atom stereocenters. The van der Waals surface area contributed by atoms with Gasteiger partial charge in [0, 0.05) is 42.7 Å². The van der Waals surface area contributed by atoms with Crippen molar-refractivity contribution in [2.24, 2.45) is 5.92 Å². The molecule has 26 heavy (non-hydrogen) atoms. The molecular formula is C17H21F3N4O2. The third kappa shape index (κ3) is 3.76. The molecule has 1 fully saturated rings. The van der Waals surface area contributed by atoms with Crippen LogP contribution in [0, 0.1) is 5.92 Å². The topological polar surface area (TPSA) is 78.1 Å². The molecule has 1 aromatic heterocycles. The van der Waals surface area contributed by atoms with E-state index in [2.05, 4.69) is 22.1 Å². The number of carbonyl (C=O) groups excluding carboxylic acids is 2. The largest absolute Gasteiger partial charge is 0.395 e. The summed E-state index contributed by atoms with van der Waals surface area (Å²) in [5.41, 5.74) is 0.592. The van der Waals surface area contributed by atoms with Crippen molar-refractivity contribution in [3.63, 3.8) is 0 Å². The van der Waals surface area contributed by atoms with Gasteiger partial charge >= 0.3 is 6.18 Å². The number of halogens is 3. The Morgan fingerprint density at radius 1 is 1.35 bits per heavy atom. The van der Waals surface area contributed by atoms with Gasteiger partial charge in [-0.15, -0.1) is 0 Å². The van der Waals surface area contributed by atoms with Crippen LogP contribution in [-0.4, -0.2) is 52.2 Å². The minimum Gasteiger partial charge on any atom is -0.353 e. The van der Waals surface area contributed by atoms with Gasteiger partial charge in [-0.25, -0.2) is 0 Å². The normalized spacial score (nSPS) is 24.0. The average Bonchev–Trinajstić information content (AvgIpc) is 3.08. The molecule has 2 N–H and O–H groups in total. The number of nitrogens with one attached hydrogen (secondary N) is 2. The van der Waals surface area contributed by atoms with Crippen LogP contribution in [0.2, 0.25) is 0 Å². The van der Waals surface area contributed by atoms with Crippen molar-refractivity contribution in [2.45, 2.75) is 43.8 Å². The molecule has 0 bridgehead atoms. The molecule has 0 spiro atoms. The molecule has 0 radical (unpaired) electrons. The summed E-state index contributed by atoms with van der Waals surface area (Å²) in [4.78, 5) is 25.7. The fourth-order valence-corrected chi connectivity index (χ4v) is 3.76. The number of rotatable bonds is 3. The summed E-state index contributed by atoms with van der Waals surface area (Å²) in [6.07, 6.45) is -0.804. The number of amides is 2. The highest BCUT2D eigenvalue weighted by Crippen LogP contribution is 2.42. The van der Waals surface area contributed by atoms with Crippen molar-refractivity contribution in [3.8, 4) is 0 Å². The molecule has 9 heteroatoms. The van der Waals surface area contributed by atoms with Crippen LogP contribution in [0.3, 0.4) is 0 Å². The van der Waals surface area contributed by atoms with Crippen LogP contribution in [0.1, 0.15) is 36.4 Å². The lowest BCUT2D eigenvalue weighted by molar-refractivity contribution is -0.155. The highest BCUT2D eigenvalue weighted by Gasteiger charge is 2.46. The Labute approximate surface area is 148 Å². The zero-order chi connectivity index (χ0) is 18.9. The zero-order valence-electron chi connectivity index (χ0n) is 14.2. The van der Waals surface area contributed by atoms with E-state index in [4.69, 9.17) is 0 Å². The van der Waals surface area contributed by atoms with Gasteiger partial charge in [-0.1, -0.05) is 6.58 Å². The third-order valence-corrected chi connectivity index (χ3v) is 5.19. The number of nitrogens with zero attached hydrogens (tertiary/aromatic N) is 2. The molecule has 0 saturated carbocycles. The van der Waals surface area contributed by atoms with E-state index in [0.29, 0.717) is 38.0 Å². The van der Waals surface area contributed by atoms with E-state index in [9.17, 15) is 22.8 Å². The minimum atomic E-state index is -4.38. The molecule has 2 unspecified atom stereocenters. The highest BCUT2D eigenvalue weighted by atomic mass is 19.4. The smallest absolute Gasteiger partial charge is 0.353 e. The summed E-state index contributed by atoms with van der Waals surface area (Å²) in [6, 6.07) is -0.588. The van der Waals surface area contributed by atoms with Crippen LogP contribution < -0.4 is 5.32 Å². The Morgan fingerprint density at radius 3 is 2.65 bits per heavy atom. The number of hydrogen-bond acceptors (Lipinski definition) is 3. The molecule has 2 heterocycles. The van der Waals surface area contributed by atoms with Crippen molar-refractivity contribution in [3.05, 3.63) is 30.1 Å². The molecule has 6 nitrogen and oxygen atoms in total. The Kier molecular flexibility index (Phi) is 5.06. The van der Waals surface area contributed by atoms with Gasteiger partial charge in [0.2, 0.25) is 11.8 Å². The van der Waals surface area contributed by atoms with Crippen molar-refractivity contribution in [1.82, 2.24) is 20.4 Å². The monoisotopic (exact) mass is 370 g/mol. The average molecular weight is 370 g/mol. The van der Waals surface area contributed by atoms with Gasteiger partial charge in [-0.3, -0.25) is 14.7 Å². The minimum absolute atomic E-state index is 0.166.